The minimum absolute atomic E-state index is 0.132. The van der Waals surface area contributed by atoms with E-state index in [1.807, 2.05) is 31.2 Å². The van der Waals surface area contributed by atoms with Crippen LogP contribution in [0.2, 0.25) is 0 Å². The number of nitro groups is 1. The molecule has 0 radical (unpaired) electrons. The molecule has 21 heavy (non-hydrogen) atoms. The summed E-state index contributed by atoms with van der Waals surface area (Å²) >= 11 is 0. The number of hydrogen-bond donors (Lipinski definition) is 2. The molecule has 0 atom stereocenters. The fourth-order valence-corrected chi connectivity index (χ4v) is 1.92. The first-order valence-electron chi connectivity index (χ1n) is 6.31. The Labute approximate surface area is 122 Å². The van der Waals surface area contributed by atoms with Crippen molar-refractivity contribution in [3.63, 3.8) is 0 Å². The van der Waals surface area contributed by atoms with Gasteiger partial charge in [0.1, 0.15) is 11.4 Å². The van der Waals surface area contributed by atoms with Crippen LogP contribution in [0.25, 0.3) is 6.08 Å². The average molecular weight is 285 g/mol. The van der Waals surface area contributed by atoms with Crippen LogP contribution >= 0.6 is 0 Å². The van der Waals surface area contributed by atoms with Gasteiger partial charge in [0.05, 0.1) is 4.92 Å². The fourth-order valence-electron chi connectivity index (χ4n) is 1.92. The van der Waals surface area contributed by atoms with Gasteiger partial charge in [0.25, 0.3) is 0 Å². The lowest BCUT2D eigenvalue weighted by Crippen LogP contribution is -2.09. The van der Waals surface area contributed by atoms with Gasteiger partial charge in [-0.1, -0.05) is 36.4 Å². The van der Waals surface area contributed by atoms with E-state index in [1.165, 1.54) is 12.1 Å². The summed E-state index contributed by atoms with van der Waals surface area (Å²) < 4.78 is 5.71. The zero-order valence-electron chi connectivity index (χ0n) is 11.4. The van der Waals surface area contributed by atoms with Gasteiger partial charge in [-0.05, 0) is 25.1 Å². The van der Waals surface area contributed by atoms with Gasteiger partial charge >= 0.3 is 5.69 Å². The van der Waals surface area contributed by atoms with E-state index in [0.717, 1.165) is 5.56 Å². The summed E-state index contributed by atoms with van der Waals surface area (Å²) in [5.41, 5.74) is 3.14. The molecule has 0 saturated heterocycles. The maximum absolute atomic E-state index is 11.2. The molecular weight excluding hydrogens is 270 g/mol. The third-order valence-corrected chi connectivity index (χ3v) is 2.82. The van der Waals surface area contributed by atoms with Gasteiger partial charge in [0.2, 0.25) is 5.75 Å². The lowest BCUT2D eigenvalue weighted by molar-refractivity contribution is -0.384. The Morgan fingerprint density at radius 3 is 2.57 bits per heavy atom. The number of nitrogens with one attached hydrogen (secondary N) is 1. The summed E-state index contributed by atoms with van der Waals surface area (Å²) in [4.78, 5) is 10.7. The van der Waals surface area contributed by atoms with Crippen molar-refractivity contribution < 1.29 is 9.66 Å². The van der Waals surface area contributed by atoms with Crippen LogP contribution in [-0.4, -0.2) is 4.92 Å². The highest BCUT2D eigenvalue weighted by molar-refractivity contribution is 5.69. The minimum atomic E-state index is -0.525. The third-order valence-electron chi connectivity index (χ3n) is 2.82. The molecule has 2 aromatic rings. The van der Waals surface area contributed by atoms with Crippen molar-refractivity contribution >= 4 is 17.5 Å². The highest BCUT2D eigenvalue weighted by atomic mass is 16.6. The lowest BCUT2D eigenvalue weighted by Gasteiger charge is -2.11. The van der Waals surface area contributed by atoms with Gasteiger partial charge in [0.15, 0.2) is 0 Å². The van der Waals surface area contributed by atoms with Crippen LogP contribution in [-0.2, 0) is 0 Å². The van der Waals surface area contributed by atoms with E-state index < -0.39 is 4.92 Å². The third kappa shape index (κ3) is 3.18. The number of benzene rings is 2. The Morgan fingerprint density at radius 2 is 1.90 bits per heavy atom. The van der Waals surface area contributed by atoms with Gasteiger partial charge < -0.3 is 10.2 Å². The average Bonchev–Trinajstić information content (AvgIpc) is 2.49. The van der Waals surface area contributed by atoms with Crippen molar-refractivity contribution in [1.82, 2.24) is 0 Å². The van der Waals surface area contributed by atoms with E-state index in [4.69, 9.17) is 10.6 Å². The van der Waals surface area contributed by atoms with Crippen molar-refractivity contribution in [2.75, 3.05) is 5.43 Å². The molecule has 0 unspecified atom stereocenters. The standard InChI is InChI=1S/C15H15N3O3/c1-2-6-11-7-3-4-9-13(11)21-14-10-5-8-12(17-16)15(14)18(19)20/h2-10,17H,16H2,1H3/b6-2+. The largest absolute Gasteiger partial charge is 0.449 e. The Balaban J connectivity index is 2.47. The van der Waals surface area contributed by atoms with Gasteiger partial charge in [-0.3, -0.25) is 16.0 Å². The first-order valence-corrected chi connectivity index (χ1v) is 6.31. The maximum Gasteiger partial charge on any atom is 0.335 e. The number of para-hydroxylation sites is 2. The molecule has 6 heteroatoms. The molecular formula is C15H15N3O3. The van der Waals surface area contributed by atoms with Gasteiger partial charge in [0, 0.05) is 5.56 Å². The lowest BCUT2D eigenvalue weighted by atomic mass is 10.2. The monoisotopic (exact) mass is 285 g/mol. The molecule has 0 heterocycles. The van der Waals surface area contributed by atoms with Crippen LogP contribution in [0, 0.1) is 10.1 Å². The van der Waals surface area contributed by atoms with Crippen LogP contribution in [0.15, 0.2) is 48.5 Å². The van der Waals surface area contributed by atoms with E-state index in [9.17, 15) is 10.1 Å². The molecule has 0 spiro atoms. The Bertz CT molecular complexity index is 684. The number of nitrogen functional groups attached to an aromatic ring is 1. The molecule has 0 bridgehead atoms. The van der Waals surface area contributed by atoms with E-state index in [2.05, 4.69) is 5.43 Å². The number of nitrogens with two attached hydrogens (primary N) is 1. The summed E-state index contributed by atoms with van der Waals surface area (Å²) in [6, 6.07) is 12.0. The van der Waals surface area contributed by atoms with Crippen LogP contribution in [0.4, 0.5) is 11.4 Å². The number of nitrogens with zero attached hydrogens (tertiary/aromatic N) is 1. The molecule has 0 amide bonds. The normalized spacial score (nSPS) is 10.6. The number of rotatable bonds is 5. The first-order chi connectivity index (χ1) is 10.2. The molecule has 3 N–H and O–H groups in total. The topological polar surface area (TPSA) is 90.4 Å². The van der Waals surface area contributed by atoms with Crippen LogP contribution < -0.4 is 16.0 Å². The molecule has 0 aliphatic heterocycles. The van der Waals surface area contributed by atoms with Gasteiger partial charge in [-0.15, -0.1) is 0 Å². The zero-order chi connectivity index (χ0) is 15.2. The second-order valence-electron chi connectivity index (χ2n) is 4.19. The molecule has 0 aliphatic carbocycles. The Kier molecular flexibility index (Phi) is 4.53. The van der Waals surface area contributed by atoms with E-state index in [-0.39, 0.29) is 17.1 Å². The van der Waals surface area contributed by atoms with Crippen molar-refractivity contribution in [1.29, 1.82) is 0 Å². The number of allylic oxidation sites excluding steroid dienone is 1. The SMILES string of the molecule is C/C=C/c1ccccc1Oc1cccc(NN)c1[N+](=O)[O-]. The first kappa shape index (κ1) is 14.5. The predicted octanol–water partition coefficient (Wildman–Crippen LogP) is 3.71. The molecule has 6 nitrogen and oxygen atoms in total. The molecule has 0 aliphatic rings. The van der Waals surface area contributed by atoms with Crippen molar-refractivity contribution in [3.8, 4) is 11.5 Å². The van der Waals surface area contributed by atoms with Crippen molar-refractivity contribution in [3.05, 3.63) is 64.2 Å². The number of nitro benzene ring substituents is 1. The second kappa shape index (κ2) is 6.53. The van der Waals surface area contributed by atoms with Gasteiger partial charge in [-0.25, -0.2) is 0 Å². The summed E-state index contributed by atoms with van der Waals surface area (Å²) in [5, 5.41) is 11.2. The van der Waals surface area contributed by atoms with Crippen molar-refractivity contribution in [2.45, 2.75) is 6.92 Å². The summed E-state index contributed by atoms with van der Waals surface area (Å²) in [7, 11) is 0. The highest BCUT2D eigenvalue weighted by Gasteiger charge is 2.21. The summed E-state index contributed by atoms with van der Waals surface area (Å²) in [5.74, 6) is 5.97. The van der Waals surface area contributed by atoms with Crippen LogP contribution in [0.3, 0.4) is 0 Å². The second-order valence-corrected chi connectivity index (χ2v) is 4.19. The Hall–Kier alpha value is -2.86. The molecule has 0 saturated carbocycles. The molecule has 2 aromatic carbocycles. The van der Waals surface area contributed by atoms with Crippen molar-refractivity contribution in [2.24, 2.45) is 5.84 Å². The maximum atomic E-state index is 11.2. The smallest absolute Gasteiger partial charge is 0.335 e. The van der Waals surface area contributed by atoms with E-state index in [0.29, 0.717) is 5.75 Å². The fraction of sp³-hybridized carbons (Fsp3) is 0.0667. The highest BCUT2D eigenvalue weighted by Crippen LogP contribution is 2.38. The van der Waals surface area contributed by atoms with E-state index >= 15 is 0 Å². The minimum Gasteiger partial charge on any atom is -0.449 e. The quantitative estimate of drug-likeness (QED) is 0.496. The summed E-state index contributed by atoms with van der Waals surface area (Å²) in [6.45, 7) is 1.89. The Morgan fingerprint density at radius 1 is 1.19 bits per heavy atom. The van der Waals surface area contributed by atoms with Gasteiger partial charge in [-0.2, -0.15) is 0 Å². The number of ether oxygens (including phenoxy) is 1. The number of anilines is 1. The number of hydrogen-bond acceptors (Lipinski definition) is 5. The molecule has 2 rings (SSSR count). The van der Waals surface area contributed by atoms with Crippen LogP contribution in [0.1, 0.15) is 12.5 Å². The van der Waals surface area contributed by atoms with Crippen LogP contribution in [0.5, 0.6) is 11.5 Å². The summed E-state index contributed by atoms with van der Waals surface area (Å²) in [6.07, 6.45) is 3.74. The molecule has 0 fully saturated rings. The number of hydrazine groups is 1. The predicted molar refractivity (Wildman–Crippen MR) is 82.1 cm³/mol. The molecule has 108 valence electrons. The van der Waals surface area contributed by atoms with E-state index in [1.54, 1.807) is 18.2 Å². The molecule has 0 aromatic heterocycles. The zero-order valence-corrected chi connectivity index (χ0v) is 11.4.